The van der Waals surface area contributed by atoms with Crippen molar-refractivity contribution in [2.24, 2.45) is 5.92 Å². The van der Waals surface area contributed by atoms with Crippen LogP contribution in [0.15, 0.2) is 0 Å². The van der Waals surface area contributed by atoms with Gasteiger partial charge in [0.2, 0.25) is 0 Å². The molecule has 110 valence electrons. The molecule has 1 aliphatic carbocycles. The van der Waals surface area contributed by atoms with E-state index in [0.29, 0.717) is 19.7 Å². The Labute approximate surface area is 112 Å². The van der Waals surface area contributed by atoms with E-state index in [4.69, 9.17) is 14.6 Å². The lowest BCUT2D eigenvalue weighted by Gasteiger charge is -2.17. The van der Waals surface area contributed by atoms with Gasteiger partial charge in [0.05, 0.1) is 13.2 Å². The number of likely N-dealkylation sites (N-methyl/N-ethyl adjacent to an activating group) is 1. The second-order valence-corrected chi connectivity index (χ2v) is 4.62. The molecular weight excluding hydrogens is 252 g/mol. The van der Waals surface area contributed by atoms with Crippen LogP contribution in [0.2, 0.25) is 0 Å². The average molecular weight is 274 g/mol. The molecule has 1 rings (SSSR count). The van der Waals surface area contributed by atoms with E-state index in [2.05, 4.69) is 5.32 Å². The van der Waals surface area contributed by atoms with Gasteiger partial charge < -0.3 is 24.8 Å². The zero-order valence-corrected chi connectivity index (χ0v) is 11.3. The Balaban J connectivity index is 1.92. The summed E-state index contributed by atoms with van der Waals surface area (Å²) in [5.41, 5.74) is 0. The van der Waals surface area contributed by atoms with Gasteiger partial charge in [0.15, 0.2) is 0 Å². The molecule has 0 saturated heterocycles. The van der Waals surface area contributed by atoms with Gasteiger partial charge in [-0.2, -0.15) is 0 Å². The predicted octanol–water partition coefficient (Wildman–Crippen LogP) is 0.156. The van der Waals surface area contributed by atoms with E-state index < -0.39 is 5.97 Å². The van der Waals surface area contributed by atoms with Gasteiger partial charge in [-0.1, -0.05) is 0 Å². The Morgan fingerprint density at radius 2 is 2.05 bits per heavy atom. The number of amides is 2. The highest BCUT2D eigenvalue weighted by Crippen LogP contribution is 2.28. The number of ether oxygens (including phenoxy) is 2. The standard InChI is InChI=1S/C12H22N2O5/c1-14(5-7-19-8-10-2-3-10)12(17)13-4-6-18-9-11(15)16/h10H,2-9H2,1H3,(H,13,17)(H,15,16). The monoisotopic (exact) mass is 274 g/mol. The van der Waals surface area contributed by atoms with Gasteiger partial charge >= 0.3 is 12.0 Å². The lowest BCUT2D eigenvalue weighted by molar-refractivity contribution is -0.142. The second-order valence-electron chi connectivity index (χ2n) is 4.62. The van der Waals surface area contributed by atoms with Gasteiger partial charge in [-0.15, -0.1) is 0 Å². The summed E-state index contributed by atoms with van der Waals surface area (Å²) in [6.45, 7) is 1.99. The molecule has 19 heavy (non-hydrogen) atoms. The molecule has 1 aliphatic rings. The highest BCUT2D eigenvalue weighted by atomic mass is 16.5. The summed E-state index contributed by atoms with van der Waals surface area (Å²) in [6.07, 6.45) is 2.51. The molecule has 0 radical (unpaired) electrons. The molecule has 0 heterocycles. The number of rotatable bonds is 10. The Hall–Kier alpha value is -1.34. The van der Waals surface area contributed by atoms with Crippen molar-refractivity contribution in [3.8, 4) is 0 Å². The fourth-order valence-electron chi connectivity index (χ4n) is 1.36. The molecule has 0 aliphatic heterocycles. The molecule has 1 fully saturated rings. The minimum Gasteiger partial charge on any atom is -0.480 e. The third-order valence-electron chi connectivity index (χ3n) is 2.72. The topological polar surface area (TPSA) is 88.1 Å². The zero-order chi connectivity index (χ0) is 14.1. The highest BCUT2D eigenvalue weighted by Gasteiger charge is 2.21. The SMILES string of the molecule is CN(CCOCC1CC1)C(=O)NCCOCC(=O)O. The minimum atomic E-state index is -1.02. The van der Waals surface area contributed by atoms with Crippen LogP contribution < -0.4 is 5.32 Å². The van der Waals surface area contributed by atoms with Gasteiger partial charge in [0, 0.05) is 26.7 Å². The maximum atomic E-state index is 11.6. The van der Waals surface area contributed by atoms with Crippen molar-refractivity contribution in [1.29, 1.82) is 0 Å². The first-order valence-electron chi connectivity index (χ1n) is 6.46. The van der Waals surface area contributed by atoms with Crippen molar-refractivity contribution in [2.75, 3.05) is 46.6 Å². The van der Waals surface area contributed by atoms with Gasteiger partial charge in [0.25, 0.3) is 0 Å². The molecule has 2 amide bonds. The van der Waals surface area contributed by atoms with E-state index in [-0.39, 0.29) is 19.2 Å². The number of hydrogen-bond acceptors (Lipinski definition) is 4. The van der Waals surface area contributed by atoms with Crippen molar-refractivity contribution < 1.29 is 24.2 Å². The van der Waals surface area contributed by atoms with Crippen molar-refractivity contribution in [3.63, 3.8) is 0 Å². The van der Waals surface area contributed by atoms with Crippen molar-refractivity contribution in [2.45, 2.75) is 12.8 Å². The summed E-state index contributed by atoms with van der Waals surface area (Å²) in [4.78, 5) is 23.3. The van der Waals surface area contributed by atoms with Gasteiger partial charge in [-0.25, -0.2) is 9.59 Å². The normalized spacial score (nSPS) is 14.2. The number of carbonyl (C=O) groups excluding carboxylic acids is 1. The fraction of sp³-hybridized carbons (Fsp3) is 0.833. The summed E-state index contributed by atoms with van der Waals surface area (Å²) >= 11 is 0. The summed E-state index contributed by atoms with van der Waals surface area (Å²) in [7, 11) is 1.69. The zero-order valence-electron chi connectivity index (χ0n) is 11.3. The minimum absolute atomic E-state index is 0.185. The number of carbonyl (C=O) groups is 2. The summed E-state index contributed by atoms with van der Waals surface area (Å²) in [5, 5.41) is 11.0. The number of hydrogen-bond donors (Lipinski definition) is 2. The molecule has 0 aromatic rings. The summed E-state index contributed by atoms with van der Waals surface area (Å²) in [6, 6.07) is -0.214. The molecule has 7 heteroatoms. The average Bonchev–Trinajstić information content (AvgIpc) is 3.17. The summed E-state index contributed by atoms with van der Waals surface area (Å²) < 4.78 is 10.2. The summed E-state index contributed by atoms with van der Waals surface area (Å²) in [5.74, 6) is -0.290. The van der Waals surface area contributed by atoms with Crippen molar-refractivity contribution >= 4 is 12.0 Å². The molecule has 0 spiro atoms. The van der Waals surface area contributed by atoms with Crippen LogP contribution in [0, 0.1) is 5.92 Å². The third-order valence-corrected chi connectivity index (χ3v) is 2.72. The van der Waals surface area contributed by atoms with Crippen LogP contribution in [0.25, 0.3) is 0 Å². The van der Waals surface area contributed by atoms with E-state index in [1.807, 2.05) is 0 Å². The Bertz CT molecular complexity index is 294. The predicted molar refractivity (Wildman–Crippen MR) is 68.0 cm³/mol. The molecular formula is C12H22N2O5. The number of nitrogens with zero attached hydrogens (tertiary/aromatic N) is 1. The Morgan fingerprint density at radius 1 is 1.32 bits per heavy atom. The van der Waals surface area contributed by atoms with Gasteiger partial charge in [-0.3, -0.25) is 0 Å². The molecule has 0 unspecified atom stereocenters. The molecule has 0 aromatic carbocycles. The van der Waals surface area contributed by atoms with E-state index in [1.165, 1.54) is 17.7 Å². The van der Waals surface area contributed by atoms with E-state index in [0.717, 1.165) is 12.5 Å². The number of carboxylic acids is 1. The van der Waals surface area contributed by atoms with Crippen LogP contribution in [0.3, 0.4) is 0 Å². The highest BCUT2D eigenvalue weighted by molar-refractivity contribution is 5.73. The first-order chi connectivity index (χ1) is 9.09. The van der Waals surface area contributed by atoms with E-state index in [9.17, 15) is 9.59 Å². The van der Waals surface area contributed by atoms with Crippen LogP contribution in [-0.2, 0) is 14.3 Å². The van der Waals surface area contributed by atoms with Crippen LogP contribution in [-0.4, -0.2) is 68.6 Å². The van der Waals surface area contributed by atoms with E-state index in [1.54, 1.807) is 7.05 Å². The van der Waals surface area contributed by atoms with Crippen LogP contribution >= 0.6 is 0 Å². The second kappa shape index (κ2) is 8.71. The molecule has 2 N–H and O–H groups in total. The molecule has 0 atom stereocenters. The number of urea groups is 1. The van der Waals surface area contributed by atoms with Crippen molar-refractivity contribution in [3.05, 3.63) is 0 Å². The molecule has 0 bridgehead atoms. The Kier molecular flexibility index (Phi) is 7.20. The lowest BCUT2D eigenvalue weighted by Crippen LogP contribution is -2.40. The van der Waals surface area contributed by atoms with Crippen LogP contribution in [0.5, 0.6) is 0 Å². The lowest BCUT2D eigenvalue weighted by atomic mass is 10.5. The molecule has 7 nitrogen and oxygen atoms in total. The maximum Gasteiger partial charge on any atom is 0.329 e. The Morgan fingerprint density at radius 3 is 2.68 bits per heavy atom. The molecule has 0 aromatic heterocycles. The number of carboxylic acid groups (broad SMARTS) is 1. The maximum absolute atomic E-state index is 11.6. The first-order valence-corrected chi connectivity index (χ1v) is 6.46. The molecule has 1 saturated carbocycles. The quantitative estimate of drug-likeness (QED) is 0.554. The number of aliphatic carboxylic acids is 1. The number of nitrogens with one attached hydrogen (secondary N) is 1. The third kappa shape index (κ3) is 8.39. The first kappa shape index (κ1) is 15.7. The largest absolute Gasteiger partial charge is 0.480 e. The van der Waals surface area contributed by atoms with Gasteiger partial charge in [-0.05, 0) is 18.8 Å². The fourth-order valence-corrected chi connectivity index (χ4v) is 1.36. The van der Waals surface area contributed by atoms with Gasteiger partial charge in [0.1, 0.15) is 6.61 Å². The van der Waals surface area contributed by atoms with Crippen LogP contribution in [0.1, 0.15) is 12.8 Å². The van der Waals surface area contributed by atoms with Crippen LogP contribution in [0.4, 0.5) is 4.79 Å². The van der Waals surface area contributed by atoms with Crippen molar-refractivity contribution in [1.82, 2.24) is 10.2 Å². The van der Waals surface area contributed by atoms with E-state index >= 15 is 0 Å². The smallest absolute Gasteiger partial charge is 0.329 e.